The molecule has 0 spiro atoms. The topological polar surface area (TPSA) is 131 Å². The van der Waals surface area contributed by atoms with Crippen molar-refractivity contribution in [1.82, 2.24) is 15.5 Å². The number of likely N-dealkylation sites (N-methyl/N-ethyl adjacent to an activating group) is 1. The Hall–Kier alpha value is -3.43. The largest absolute Gasteiger partial charge is 0.491 e. The van der Waals surface area contributed by atoms with Crippen molar-refractivity contribution >= 4 is 30.1 Å². The molecule has 4 amide bonds. The van der Waals surface area contributed by atoms with Gasteiger partial charge in [0.15, 0.2) is 6.29 Å². The van der Waals surface area contributed by atoms with Crippen LogP contribution in [0.15, 0.2) is 18.2 Å². The molecule has 1 unspecified atom stereocenters. The molecule has 10 nitrogen and oxygen atoms in total. The summed E-state index contributed by atoms with van der Waals surface area (Å²) in [5.41, 5.74) is -0.535. The number of alkyl carbamates (subject to hydrolysis) is 1. The van der Waals surface area contributed by atoms with Crippen molar-refractivity contribution in [3.63, 3.8) is 0 Å². The number of hydrogen-bond acceptors (Lipinski definition) is 7. The SMILES string of the molecule is CN(C(=O)c1c(C=O)cccc1OCCNC(=O)OC(C)(C)C)C1CCC(=O)NC1=O. The molecule has 1 saturated heterocycles. The summed E-state index contributed by atoms with van der Waals surface area (Å²) in [4.78, 5) is 61.0. The third-order valence-corrected chi connectivity index (χ3v) is 4.43. The van der Waals surface area contributed by atoms with Crippen LogP contribution in [0.25, 0.3) is 0 Å². The lowest BCUT2D eigenvalue weighted by atomic mass is 10.0. The Morgan fingerprint density at radius 2 is 2.00 bits per heavy atom. The lowest BCUT2D eigenvalue weighted by Crippen LogP contribution is -2.53. The molecule has 1 heterocycles. The van der Waals surface area contributed by atoms with Gasteiger partial charge in [-0.3, -0.25) is 24.5 Å². The van der Waals surface area contributed by atoms with E-state index in [0.717, 1.165) is 0 Å². The highest BCUT2D eigenvalue weighted by molar-refractivity contribution is 6.07. The Bertz CT molecular complexity index is 876. The Balaban J connectivity index is 2.10. The number of rotatable bonds is 7. The summed E-state index contributed by atoms with van der Waals surface area (Å²) in [6, 6.07) is 3.70. The molecule has 1 aliphatic rings. The first-order chi connectivity index (χ1) is 14.5. The van der Waals surface area contributed by atoms with Crippen molar-refractivity contribution in [2.45, 2.75) is 45.3 Å². The molecular formula is C21H27N3O7. The predicted octanol–water partition coefficient (Wildman–Crippen LogP) is 1.28. The van der Waals surface area contributed by atoms with E-state index >= 15 is 0 Å². The van der Waals surface area contributed by atoms with Crippen molar-refractivity contribution in [3.8, 4) is 5.75 Å². The second-order valence-electron chi connectivity index (χ2n) is 8.00. The van der Waals surface area contributed by atoms with E-state index in [0.29, 0.717) is 6.29 Å². The van der Waals surface area contributed by atoms with E-state index in [1.165, 1.54) is 24.1 Å². The van der Waals surface area contributed by atoms with Gasteiger partial charge in [-0.1, -0.05) is 12.1 Å². The quantitative estimate of drug-likeness (QED) is 0.376. The van der Waals surface area contributed by atoms with Gasteiger partial charge in [-0.15, -0.1) is 0 Å². The number of imide groups is 1. The van der Waals surface area contributed by atoms with Crippen LogP contribution in [0.3, 0.4) is 0 Å². The van der Waals surface area contributed by atoms with E-state index in [-0.39, 0.29) is 42.9 Å². The number of nitrogens with one attached hydrogen (secondary N) is 2. The van der Waals surface area contributed by atoms with Gasteiger partial charge in [0.05, 0.1) is 12.1 Å². The molecule has 1 aromatic rings. The number of amides is 4. The van der Waals surface area contributed by atoms with Crippen LogP contribution in [0.1, 0.15) is 54.3 Å². The van der Waals surface area contributed by atoms with E-state index < -0.39 is 35.5 Å². The molecule has 0 aliphatic carbocycles. The Kier molecular flexibility index (Phi) is 7.73. The number of nitrogens with zero attached hydrogens (tertiary/aromatic N) is 1. The molecule has 0 radical (unpaired) electrons. The summed E-state index contributed by atoms with van der Waals surface area (Å²) in [6.07, 6.45) is 0.221. The second kappa shape index (κ2) is 10.1. The van der Waals surface area contributed by atoms with Crippen molar-refractivity contribution in [2.75, 3.05) is 20.2 Å². The van der Waals surface area contributed by atoms with E-state index in [1.54, 1.807) is 26.8 Å². The van der Waals surface area contributed by atoms with Gasteiger partial charge in [0.25, 0.3) is 5.91 Å². The fourth-order valence-corrected chi connectivity index (χ4v) is 2.99. The molecule has 168 valence electrons. The van der Waals surface area contributed by atoms with Gasteiger partial charge in [-0.05, 0) is 33.3 Å². The van der Waals surface area contributed by atoms with Crippen LogP contribution in [0.5, 0.6) is 5.75 Å². The van der Waals surface area contributed by atoms with Gasteiger partial charge in [-0.25, -0.2) is 4.79 Å². The molecule has 2 N–H and O–H groups in total. The first-order valence-corrected chi connectivity index (χ1v) is 9.82. The van der Waals surface area contributed by atoms with Crippen LogP contribution < -0.4 is 15.4 Å². The van der Waals surface area contributed by atoms with E-state index in [1.807, 2.05) is 0 Å². The van der Waals surface area contributed by atoms with E-state index in [9.17, 15) is 24.0 Å². The number of carbonyl (C=O) groups excluding carboxylic acids is 5. The zero-order valence-corrected chi connectivity index (χ0v) is 18.0. The summed E-state index contributed by atoms with van der Waals surface area (Å²) < 4.78 is 10.8. The number of hydrogen-bond donors (Lipinski definition) is 2. The third kappa shape index (κ3) is 6.53. The van der Waals surface area contributed by atoms with Gasteiger partial charge < -0.3 is 19.7 Å². The van der Waals surface area contributed by atoms with Crippen molar-refractivity contribution in [2.24, 2.45) is 0 Å². The van der Waals surface area contributed by atoms with Crippen molar-refractivity contribution in [1.29, 1.82) is 0 Å². The third-order valence-electron chi connectivity index (χ3n) is 4.43. The monoisotopic (exact) mass is 433 g/mol. The fraction of sp³-hybridized carbons (Fsp3) is 0.476. The number of ether oxygens (including phenoxy) is 2. The second-order valence-corrected chi connectivity index (χ2v) is 8.00. The molecule has 0 bridgehead atoms. The highest BCUT2D eigenvalue weighted by Crippen LogP contribution is 2.25. The first kappa shape index (κ1) is 23.8. The molecule has 1 fully saturated rings. The minimum Gasteiger partial charge on any atom is -0.491 e. The zero-order chi connectivity index (χ0) is 23.2. The smallest absolute Gasteiger partial charge is 0.407 e. The Morgan fingerprint density at radius 1 is 1.29 bits per heavy atom. The van der Waals surface area contributed by atoms with E-state index in [2.05, 4.69) is 10.6 Å². The molecule has 1 aliphatic heterocycles. The van der Waals surface area contributed by atoms with E-state index in [4.69, 9.17) is 9.47 Å². The molecule has 0 saturated carbocycles. The van der Waals surface area contributed by atoms with Crippen LogP contribution in [0.2, 0.25) is 0 Å². The molecule has 1 aromatic carbocycles. The Morgan fingerprint density at radius 3 is 2.61 bits per heavy atom. The highest BCUT2D eigenvalue weighted by Gasteiger charge is 2.34. The van der Waals surface area contributed by atoms with Crippen molar-refractivity contribution in [3.05, 3.63) is 29.3 Å². The maximum absolute atomic E-state index is 13.1. The highest BCUT2D eigenvalue weighted by atomic mass is 16.6. The summed E-state index contributed by atoms with van der Waals surface area (Å²) in [5, 5.41) is 4.74. The lowest BCUT2D eigenvalue weighted by Gasteiger charge is -2.30. The summed E-state index contributed by atoms with van der Waals surface area (Å²) in [6.45, 7) is 5.35. The van der Waals surface area contributed by atoms with Crippen LogP contribution in [-0.2, 0) is 14.3 Å². The molecule has 0 aromatic heterocycles. The predicted molar refractivity (Wildman–Crippen MR) is 110 cm³/mol. The average Bonchev–Trinajstić information content (AvgIpc) is 2.68. The maximum Gasteiger partial charge on any atom is 0.407 e. The molecule has 10 heteroatoms. The van der Waals surface area contributed by atoms with Gasteiger partial charge in [0, 0.05) is 19.0 Å². The average molecular weight is 433 g/mol. The zero-order valence-electron chi connectivity index (χ0n) is 18.0. The normalized spacial score (nSPS) is 16.2. The molecule has 2 rings (SSSR count). The number of piperidine rings is 1. The van der Waals surface area contributed by atoms with Crippen LogP contribution in [0.4, 0.5) is 4.79 Å². The molecule has 1 atom stereocenters. The standard InChI is InChI=1S/C21H27N3O7/c1-21(2,3)31-20(29)22-10-11-30-15-7-5-6-13(12-25)17(15)19(28)24(4)14-8-9-16(26)23-18(14)27/h5-7,12,14H,8-11H2,1-4H3,(H,22,29)(H,23,26,27). The van der Waals surface area contributed by atoms with Crippen LogP contribution in [0, 0.1) is 0 Å². The molecular weight excluding hydrogens is 406 g/mol. The van der Waals surface area contributed by atoms with Crippen molar-refractivity contribution < 1.29 is 33.4 Å². The minimum atomic E-state index is -0.841. The van der Waals surface area contributed by atoms with Crippen LogP contribution in [-0.4, -0.2) is 66.8 Å². The number of benzene rings is 1. The Labute approximate surface area is 180 Å². The summed E-state index contributed by atoms with van der Waals surface area (Å²) in [7, 11) is 1.43. The first-order valence-electron chi connectivity index (χ1n) is 9.82. The van der Waals surface area contributed by atoms with Gasteiger partial charge in [0.1, 0.15) is 24.0 Å². The van der Waals surface area contributed by atoms with Gasteiger partial charge in [0.2, 0.25) is 11.8 Å². The minimum absolute atomic E-state index is 0.00182. The summed E-state index contributed by atoms with van der Waals surface area (Å²) >= 11 is 0. The maximum atomic E-state index is 13.1. The number of carbonyl (C=O) groups is 5. The fourth-order valence-electron chi connectivity index (χ4n) is 2.99. The van der Waals surface area contributed by atoms with Crippen LogP contribution >= 0.6 is 0 Å². The van der Waals surface area contributed by atoms with Gasteiger partial charge >= 0.3 is 6.09 Å². The lowest BCUT2D eigenvalue weighted by molar-refractivity contribution is -0.136. The number of aldehydes is 1. The molecule has 31 heavy (non-hydrogen) atoms. The summed E-state index contributed by atoms with van der Waals surface area (Å²) in [5.74, 6) is -1.41. The van der Waals surface area contributed by atoms with Gasteiger partial charge in [-0.2, -0.15) is 0 Å².